The van der Waals surface area contributed by atoms with Gasteiger partial charge in [0.1, 0.15) is 34.0 Å². The van der Waals surface area contributed by atoms with Crippen molar-refractivity contribution in [2.75, 3.05) is 25.1 Å². The molecule has 9 nitrogen and oxygen atoms in total. The number of sulfonamides is 1. The van der Waals surface area contributed by atoms with Gasteiger partial charge < -0.3 is 18.6 Å². The molecule has 5 rings (SSSR count). The van der Waals surface area contributed by atoms with Crippen molar-refractivity contribution in [3.63, 3.8) is 0 Å². The van der Waals surface area contributed by atoms with Crippen molar-refractivity contribution in [1.82, 2.24) is 0 Å². The fraction of sp³-hybridized carbons (Fsp3) is 0.161. The maximum atomic E-state index is 14.4. The Labute approximate surface area is 236 Å². The molecule has 4 aromatic carbocycles. The normalized spacial score (nSPS) is 11.4. The molecule has 0 saturated heterocycles. The molecule has 0 aliphatic carbocycles. The topological polar surface area (TPSA) is 112 Å². The van der Waals surface area contributed by atoms with Gasteiger partial charge in [0.2, 0.25) is 0 Å². The van der Waals surface area contributed by atoms with Crippen LogP contribution in [0, 0.1) is 6.92 Å². The first kappa shape index (κ1) is 27.7. The molecule has 0 radical (unpaired) electrons. The van der Waals surface area contributed by atoms with Gasteiger partial charge in [0, 0.05) is 5.39 Å². The number of hydrogen-bond acceptors (Lipinski definition) is 8. The maximum absolute atomic E-state index is 14.4. The van der Waals surface area contributed by atoms with E-state index in [1.807, 2.05) is 12.1 Å². The minimum atomic E-state index is -4.52. The molecule has 1 amide bonds. The van der Waals surface area contributed by atoms with Crippen molar-refractivity contribution in [2.24, 2.45) is 0 Å². The first-order valence-electron chi connectivity index (χ1n) is 12.7. The SMILES string of the molecule is CCOC(=O)c1c(C)oc2ccc(N(C(=O)c3c(OC)cccc3OC)S(=O)(=O)c3ccc4ccccc4c3)cc12. The van der Waals surface area contributed by atoms with Crippen molar-refractivity contribution < 1.29 is 36.6 Å². The minimum absolute atomic E-state index is 0.0185. The second-order valence-corrected chi connectivity index (χ2v) is 10.8. The maximum Gasteiger partial charge on any atom is 0.342 e. The molecule has 0 atom stereocenters. The first-order chi connectivity index (χ1) is 19.7. The second-order valence-electron chi connectivity index (χ2n) is 9.06. The van der Waals surface area contributed by atoms with Crippen molar-refractivity contribution in [3.05, 3.63) is 95.7 Å². The van der Waals surface area contributed by atoms with E-state index in [4.69, 9.17) is 18.6 Å². The van der Waals surface area contributed by atoms with Gasteiger partial charge in [-0.2, -0.15) is 4.31 Å². The van der Waals surface area contributed by atoms with Crippen LogP contribution in [0.3, 0.4) is 0 Å². The van der Waals surface area contributed by atoms with Crippen LogP contribution in [0.4, 0.5) is 5.69 Å². The lowest BCUT2D eigenvalue weighted by atomic mass is 10.1. The van der Waals surface area contributed by atoms with Gasteiger partial charge in [-0.05, 0) is 67.1 Å². The number of aryl methyl sites for hydroxylation is 1. The number of nitrogens with zero attached hydrogens (tertiary/aromatic N) is 1. The Balaban J connectivity index is 1.77. The molecule has 0 unspecified atom stereocenters. The van der Waals surface area contributed by atoms with Crippen molar-refractivity contribution in [3.8, 4) is 11.5 Å². The summed E-state index contributed by atoms with van der Waals surface area (Å²) in [7, 11) is -1.77. The molecule has 1 aromatic heterocycles. The lowest BCUT2D eigenvalue weighted by molar-refractivity contribution is 0.0526. The molecule has 0 bridgehead atoms. The Kier molecular flexibility index (Phi) is 7.42. The fourth-order valence-electron chi connectivity index (χ4n) is 4.75. The largest absolute Gasteiger partial charge is 0.496 e. The predicted octanol–water partition coefficient (Wildman–Crippen LogP) is 6.12. The molecule has 41 heavy (non-hydrogen) atoms. The molecule has 210 valence electrons. The Bertz CT molecular complexity index is 1890. The van der Waals surface area contributed by atoms with Gasteiger partial charge in [-0.3, -0.25) is 4.79 Å². The Morgan fingerprint density at radius 3 is 2.17 bits per heavy atom. The van der Waals surface area contributed by atoms with Gasteiger partial charge in [0.05, 0.1) is 31.4 Å². The highest BCUT2D eigenvalue weighted by atomic mass is 32.2. The van der Waals surface area contributed by atoms with E-state index >= 15 is 0 Å². The molecule has 0 fully saturated rings. The van der Waals surface area contributed by atoms with Crippen LogP contribution in [0.2, 0.25) is 0 Å². The molecule has 1 heterocycles. The number of carbonyl (C=O) groups excluding carboxylic acids is 2. The average Bonchev–Trinajstić information content (AvgIpc) is 3.31. The molecular weight excluding hydrogens is 546 g/mol. The number of esters is 1. The third kappa shape index (κ3) is 4.87. The second kappa shape index (κ2) is 11.0. The van der Waals surface area contributed by atoms with Crippen LogP contribution in [-0.4, -0.2) is 41.1 Å². The average molecular weight is 574 g/mol. The number of hydrogen-bond donors (Lipinski definition) is 0. The summed E-state index contributed by atoms with van der Waals surface area (Å²) in [5.74, 6) is -0.981. The number of benzene rings is 4. The van der Waals surface area contributed by atoms with E-state index in [0.717, 1.165) is 5.39 Å². The third-order valence-corrected chi connectivity index (χ3v) is 8.35. The van der Waals surface area contributed by atoms with Crippen LogP contribution in [-0.2, 0) is 14.8 Å². The molecule has 10 heteroatoms. The molecule has 0 N–H and O–H groups in total. The van der Waals surface area contributed by atoms with Crippen LogP contribution in [0.1, 0.15) is 33.4 Å². The van der Waals surface area contributed by atoms with Crippen molar-refractivity contribution in [1.29, 1.82) is 0 Å². The number of anilines is 1. The summed E-state index contributed by atoms with van der Waals surface area (Å²) in [6.45, 7) is 3.43. The summed E-state index contributed by atoms with van der Waals surface area (Å²) in [4.78, 5) is 27.0. The third-order valence-electron chi connectivity index (χ3n) is 6.65. The smallest absolute Gasteiger partial charge is 0.342 e. The van der Waals surface area contributed by atoms with Crippen LogP contribution in [0.15, 0.2) is 88.2 Å². The summed E-state index contributed by atoms with van der Waals surface area (Å²) in [6, 6.07) is 21.0. The summed E-state index contributed by atoms with van der Waals surface area (Å²) < 4.78 is 51.2. The Hall–Kier alpha value is -4.83. The summed E-state index contributed by atoms with van der Waals surface area (Å²) in [5.41, 5.74) is 0.375. The summed E-state index contributed by atoms with van der Waals surface area (Å²) >= 11 is 0. The quantitative estimate of drug-likeness (QED) is 0.204. The highest BCUT2D eigenvalue weighted by Crippen LogP contribution is 2.37. The molecule has 0 aliphatic heterocycles. The number of ether oxygens (including phenoxy) is 3. The Morgan fingerprint density at radius 1 is 0.829 bits per heavy atom. The number of fused-ring (bicyclic) bond motifs is 2. The number of methoxy groups -OCH3 is 2. The number of rotatable bonds is 8. The van der Waals surface area contributed by atoms with E-state index in [-0.39, 0.29) is 39.8 Å². The van der Waals surface area contributed by atoms with E-state index in [0.29, 0.717) is 26.4 Å². The van der Waals surface area contributed by atoms with E-state index in [1.54, 1.807) is 38.1 Å². The zero-order valence-electron chi connectivity index (χ0n) is 22.8. The van der Waals surface area contributed by atoms with E-state index in [2.05, 4.69) is 0 Å². The molecule has 0 spiro atoms. The van der Waals surface area contributed by atoms with Crippen LogP contribution in [0.5, 0.6) is 11.5 Å². The van der Waals surface area contributed by atoms with E-state index in [9.17, 15) is 18.0 Å². The summed E-state index contributed by atoms with van der Waals surface area (Å²) in [6.07, 6.45) is 0. The zero-order chi connectivity index (χ0) is 29.3. The predicted molar refractivity (Wildman–Crippen MR) is 154 cm³/mol. The van der Waals surface area contributed by atoms with E-state index in [1.165, 1.54) is 56.7 Å². The number of carbonyl (C=O) groups is 2. The van der Waals surface area contributed by atoms with Crippen LogP contribution in [0.25, 0.3) is 21.7 Å². The molecule has 0 saturated carbocycles. The lowest BCUT2D eigenvalue weighted by Gasteiger charge is -2.24. The molecule has 5 aromatic rings. The standard InChI is InChI=1S/C31H27NO8S/c1-5-39-31(34)28-19(2)40-25-16-14-22(18-24(25)28)32(30(33)29-26(37-3)11-8-12-27(29)38-4)41(35,36)23-15-13-20-9-6-7-10-21(20)17-23/h6-18H,5H2,1-4H3. The molecule has 0 aliphatic rings. The summed E-state index contributed by atoms with van der Waals surface area (Å²) in [5, 5.41) is 1.82. The van der Waals surface area contributed by atoms with Crippen molar-refractivity contribution in [2.45, 2.75) is 18.7 Å². The van der Waals surface area contributed by atoms with Gasteiger partial charge in [-0.25, -0.2) is 13.2 Å². The lowest BCUT2D eigenvalue weighted by Crippen LogP contribution is -2.37. The zero-order valence-corrected chi connectivity index (χ0v) is 23.7. The highest BCUT2D eigenvalue weighted by molar-refractivity contribution is 7.93. The van der Waals surface area contributed by atoms with Crippen LogP contribution < -0.4 is 13.8 Å². The minimum Gasteiger partial charge on any atom is -0.496 e. The monoisotopic (exact) mass is 573 g/mol. The first-order valence-corrected chi connectivity index (χ1v) is 14.1. The van der Waals surface area contributed by atoms with Gasteiger partial charge in [0.25, 0.3) is 15.9 Å². The van der Waals surface area contributed by atoms with Crippen molar-refractivity contribution >= 4 is 49.3 Å². The van der Waals surface area contributed by atoms with E-state index < -0.39 is 21.9 Å². The van der Waals surface area contributed by atoms with Gasteiger partial charge in [0.15, 0.2) is 0 Å². The van der Waals surface area contributed by atoms with Gasteiger partial charge in [-0.15, -0.1) is 0 Å². The number of amides is 1. The highest BCUT2D eigenvalue weighted by Gasteiger charge is 2.36. The van der Waals surface area contributed by atoms with Gasteiger partial charge >= 0.3 is 5.97 Å². The number of furan rings is 1. The molecular formula is C31H27NO8S. The van der Waals surface area contributed by atoms with Crippen LogP contribution >= 0.6 is 0 Å². The fourth-order valence-corrected chi connectivity index (χ4v) is 6.18. The Morgan fingerprint density at radius 2 is 1.51 bits per heavy atom. The van der Waals surface area contributed by atoms with Gasteiger partial charge in [-0.1, -0.05) is 36.4 Å².